The van der Waals surface area contributed by atoms with Gasteiger partial charge in [-0.3, -0.25) is 4.79 Å². The molecule has 0 aromatic heterocycles. The molecule has 0 atom stereocenters. The molecule has 0 bridgehead atoms. The molecular formula is C13H17NO2. The van der Waals surface area contributed by atoms with E-state index in [-0.39, 0.29) is 17.2 Å². The minimum Gasteiger partial charge on any atom is -0.507 e. The summed E-state index contributed by atoms with van der Waals surface area (Å²) in [4.78, 5) is 12.0. The lowest BCUT2D eigenvalue weighted by Gasteiger charge is -2.39. The molecule has 3 heteroatoms. The highest BCUT2D eigenvalue weighted by Crippen LogP contribution is 2.31. The zero-order chi connectivity index (χ0) is 11.8. The van der Waals surface area contributed by atoms with Gasteiger partial charge in [-0.05, 0) is 45.2 Å². The van der Waals surface area contributed by atoms with E-state index in [9.17, 15) is 9.90 Å². The van der Waals surface area contributed by atoms with Crippen LogP contribution in [0.3, 0.4) is 0 Å². The maximum atomic E-state index is 12.0. The van der Waals surface area contributed by atoms with Crippen LogP contribution in [0.2, 0.25) is 0 Å². The maximum Gasteiger partial charge on any atom is 0.255 e. The number of aryl methyl sites for hydroxylation is 1. The summed E-state index contributed by atoms with van der Waals surface area (Å²) in [6.45, 7) is 3.95. The van der Waals surface area contributed by atoms with Crippen molar-refractivity contribution < 1.29 is 9.90 Å². The second-order valence-electron chi connectivity index (χ2n) is 4.89. The van der Waals surface area contributed by atoms with E-state index in [1.54, 1.807) is 18.2 Å². The van der Waals surface area contributed by atoms with Crippen molar-refractivity contribution in [1.82, 2.24) is 5.32 Å². The predicted octanol–water partition coefficient (Wildman–Crippen LogP) is 2.37. The van der Waals surface area contributed by atoms with Crippen LogP contribution in [-0.2, 0) is 0 Å². The van der Waals surface area contributed by atoms with Gasteiger partial charge in [0.05, 0.1) is 5.56 Å². The molecule has 1 aliphatic carbocycles. The number of carbonyl (C=O) groups is 1. The van der Waals surface area contributed by atoms with Crippen LogP contribution in [0.5, 0.6) is 5.75 Å². The van der Waals surface area contributed by atoms with Crippen LogP contribution in [0.4, 0.5) is 0 Å². The first kappa shape index (κ1) is 11.0. The molecule has 0 aliphatic heterocycles. The number of benzene rings is 1. The van der Waals surface area contributed by atoms with Gasteiger partial charge in [0, 0.05) is 5.54 Å². The van der Waals surface area contributed by atoms with Crippen LogP contribution in [0.25, 0.3) is 0 Å². The van der Waals surface area contributed by atoms with Gasteiger partial charge >= 0.3 is 0 Å². The summed E-state index contributed by atoms with van der Waals surface area (Å²) >= 11 is 0. The minimum atomic E-state index is -0.177. The molecule has 1 aliphatic rings. The molecule has 1 saturated carbocycles. The molecule has 2 N–H and O–H groups in total. The Kier molecular flexibility index (Phi) is 2.62. The molecule has 0 radical (unpaired) electrons. The Morgan fingerprint density at radius 1 is 1.44 bits per heavy atom. The van der Waals surface area contributed by atoms with Gasteiger partial charge in [0.1, 0.15) is 5.75 Å². The largest absolute Gasteiger partial charge is 0.507 e. The zero-order valence-corrected chi connectivity index (χ0v) is 9.71. The highest BCUT2D eigenvalue weighted by Gasteiger charge is 2.33. The van der Waals surface area contributed by atoms with E-state index in [2.05, 4.69) is 5.32 Å². The number of nitrogens with one attached hydrogen (secondary N) is 1. The summed E-state index contributed by atoms with van der Waals surface area (Å²) < 4.78 is 0. The van der Waals surface area contributed by atoms with Gasteiger partial charge in [0.2, 0.25) is 0 Å². The first-order valence-electron chi connectivity index (χ1n) is 5.62. The second-order valence-corrected chi connectivity index (χ2v) is 4.89. The average molecular weight is 219 g/mol. The molecule has 2 rings (SSSR count). The van der Waals surface area contributed by atoms with Crippen molar-refractivity contribution in [3.63, 3.8) is 0 Å². The summed E-state index contributed by atoms with van der Waals surface area (Å²) in [5.41, 5.74) is 1.27. The molecule has 0 spiro atoms. The van der Waals surface area contributed by atoms with E-state index in [0.717, 1.165) is 24.8 Å². The molecule has 16 heavy (non-hydrogen) atoms. The molecule has 0 unspecified atom stereocenters. The Balaban J connectivity index is 2.17. The summed E-state index contributed by atoms with van der Waals surface area (Å²) in [5.74, 6) is -0.130. The first-order chi connectivity index (χ1) is 7.50. The SMILES string of the molecule is Cc1ccc(O)c(C(=O)NC2(C)CCC2)c1. The fourth-order valence-electron chi connectivity index (χ4n) is 2.01. The van der Waals surface area contributed by atoms with Crippen LogP contribution in [0, 0.1) is 6.92 Å². The number of phenols is 1. The van der Waals surface area contributed by atoms with Gasteiger partial charge in [-0.25, -0.2) is 0 Å². The molecular weight excluding hydrogens is 202 g/mol. The number of phenolic OH excluding ortho intramolecular Hbond substituents is 1. The molecule has 0 heterocycles. The van der Waals surface area contributed by atoms with Crippen molar-refractivity contribution in [1.29, 1.82) is 0 Å². The molecule has 1 fully saturated rings. The van der Waals surface area contributed by atoms with Crippen molar-refractivity contribution in [2.24, 2.45) is 0 Å². The van der Waals surface area contributed by atoms with Crippen molar-refractivity contribution in [2.75, 3.05) is 0 Å². The summed E-state index contributed by atoms with van der Waals surface area (Å²) in [6.07, 6.45) is 3.20. The normalized spacial score (nSPS) is 17.6. The van der Waals surface area contributed by atoms with Gasteiger partial charge in [0.15, 0.2) is 0 Å². The van der Waals surface area contributed by atoms with Gasteiger partial charge in [-0.1, -0.05) is 11.6 Å². The van der Waals surface area contributed by atoms with Gasteiger partial charge < -0.3 is 10.4 Å². The van der Waals surface area contributed by atoms with Gasteiger partial charge in [0.25, 0.3) is 5.91 Å². The van der Waals surface area contributed by atoms with Crippen LogP contribution >= 0.6 is 0 Å². The quantitative estimate of drug-likeness (QED) is 0.802. The second kappa shape index (κ2) is 3.81. The monoisotopic (exact) mass is 219 g/mol. The van der Waals surface area contributed by atoms with E-state index in [1.807, 2.05) is 13.8 Å². The van der Waals surface area contributed by atoms with E-state index < -0.39 is 0 Å². The topological polar surface area (TPSA) is 49.3 Å². The Morgan fingerprint density at radius 2 is 2.12 bits per heavy atom. The Morgan fingerprint density at radius 3 is 2.69 bits per heavy atom. The molecule has 3 nitrogen and oxygen atoms in total. The number of carbonyl (C=O) groups excluding carboxylic acids is 1. The number of amides is 1. The highest BCUT2D eigenvalue weighted by molar-refractivity contribution is 5.97. The van der Waals surface area contributed by atoms with Crippen LogP contribution in [0.1, 0.15) is 42.1 Å². The fraction of sp³-hybridized carbons (Fsp3) is 0.462. The fourth-order valence-corrected chi connectivity index (χ4v) is 2.01. The third-order valence-corrected chi connectivity index (χ3v) is 3.27. The van der Waals surface area contributed by atoms with Crippen molar-refractivity contribution in [2.45, 2.75) is 38.6 Å². The first-order valence-corrected chi connectivity index (χ1v) is 5.62. The third-order valence-electron chi connectivity index (χ3n) is 3.27. The maximum absolute atomic E-state index is 12.0. The summed E-state index contributed by atoms with van der Waals surface area (Å²) in [6, 6.07) is 5.07. The summed E-state index contributed by atoms with van der Waals surface area (Å²) in [5, 5.41) is 12.6. The molecule has 1 aromatic carbocycles. The van der Waals surface area contributed by atoms with Crippen molar-refractivity contribution >= 4 is 5.91 Å². The number of aromatic hydroxyl groups is 1. The molecule has 86 valence electrons. The van der Waals surface area contributed by atoms with Crippen molar-refractivity contribution in [3.8, 4) is 5.75 Å². The lowest BCUT2D eigenvalue weighted by Crippen LogP contribution is -2.50. The van der Waals surface area contributed by atoms with E-state index in [0.29, 0.717) is 5.56 Å². The molecule has 0 saturated heterocycles. The average Bonchev–Trinajstić information content (AvgIpc) is 2.19. The lowest BCUT2D eigenvalue weighted by atomic mass is 9.78. The Hall–Kier alpha value is -1.51. The predicted molar refractivity (Wildman–Crippen MR) is 62.6 cm³/mol. The van der Waals surface area contributed by atoms with Crippen LogP contribution < -0.4 is 5.32 Å². The van der Waals surface area contributed by atoms with E-state index >= 15 is 0 Å². The summed E-state index contributed by atoms with van der Waals surface area (Å²) in [7, 11) is 0. The van der Waals surface area contributed by atoms with Crippen molar-refractivity contribution in [3.05, 3.63) is 29.3 Å². The highest BCUT2D eigenvalue weighted by atomic mass is 16.3. The van der Waals surface area contributed by atoms with Crippen LogP contribution in [-0.4, -0.2) is 16.6 Å². The third kappa shape index (κ3) is 2.03. The minimum absolute atomic E-state index is 0.0472. The zero-order valence-electron chi connectivity index (χ0n) is 9.71. The van der Waals surface area contributed by atoms with Crippen LogP contribution in [0.15, 0.2) is 18.2 Å². The standard InChI is InChI=1S/C13H17NO2/c1-9-4-5-11(15)10(8-9)12(16)14-13(2)6-3-7-13/h4-5,8,15H,3,6-7H2,1-2H3,(H,14,16). The Labute approximate surface area is 95.5 Å². The number of hydrogen-bond acceptors (Lipinski definition) is 2. The Bertz CT molecular complexity index is 422. The number of hydrogen-bond donors (Lipinski definition) is 2. The van der Waals surface area contributed by atoms with Gasteiger partial charge in [-0.15, -0.1) is 0 Å². The number of rotatable bonds is 2. The molecule has 1 amide bonds. The van der Waals surface area contributed by atoms with Gasteiger partial charge in [-0.2, -0.15) is 0 Å². The van der Waals surface area contributed by atoms with E-state index in [1.165, 1.54) is 0 Å². The lowest BCUT2D eigenvalue weighted by molar-refractivity contribution is 0.0847. The molecule has 1 aromatic rings. The smallest absolute Gasteiger partial charge is 0.255 e. The van der Waals surface area contributed by atoms with E-state index in [4.69, 9.17) is 0 Å².